The lowest BCUT2D eigenvalue weighted by molar-refractivity contribution is 0.661. The van der Waals surface area contributed by atoms with E-state index < -0.39 is 0 Å². The first kappa shape index (κ1) is 26.7. The molecule has 0 saturated heterocycles. The Bertz CT molecular complexity index is 3600. The third kappa shape index (κ3) is 3.12. The van der Waals surface area contributed by atoms with Crippen LogP contribution in [0.4, 0.5) is 0 Å². The normalized spacial score (nSPS) is 12.6. The smallest absolute Gasteiger partial charge is 0.237 e. The summed E-state index contributed by atoms with van der Waals surface area (Å²) in [5, 5.41) is 10.6. The van der Waals surface area contributed by atoms with E-state index in [0.29, 0.717) is 17.3 Å². The van der Waals surface area contributed by atoms with Crippen LogP contribution in [0.2, 0.25) is 0 Å². The van der Waals surface area contributed by atoms with Crippen molar-refractivity contribution in [1.29, 1.82) is 0 Å². The zero-order valence-corrected chi connectivity index (χ0v) is 27.6. The highest BCUT2D eigenvalue weighted by Crippen LogP contribution is 2.47. The summed E-state index contributed by atoms with van der Waals surface area (Å²) in [6, 6.07) is 53.8. The van der Waals surface area contributed by atoms with Crippen LogP contribution in [0.3, 0.4) is 0 Å². The molecule has 0 spiro atoms. The van der Waals surface area contributed by atoms with E-state index in [-0.39, 0.29) is 0 Å². The van der Waals surface area contributed by atoms with E-state index in [1.165, 1.54) is 59.6 Å². The van der Waals surface area contributed by atoms with Gasteiger partial charge in [-0.25, -0.2) is 4.98 Å². The third-order valence-electron chi connectivity index (χ3n) is 11.2. The van der Waals surface area contributed by atoms with Crippen molar-refractivity contribution in [2.24, 2.45) is 0 Å². The number of hydrogen-bond donors (Lipinski definition) is 0. The topological polar surface area (TPSA) is 53.2 Å². The molecule has 0 fully saturated rings. The van der Waals surface area contributed by atoms with E-state index >= 15 is 0 Å². The molecule has 240 valence electrons. The van der Waals surface area contributed by atoms with E-state index in [4.69, 9.17) is 14.4 Å². The maximum absolute atomic E-state index is 6.67. The molecule has 0 unspecified atom stereocenters. The van der Waals surface area contributed by atoms with Crippen molar-refractivity contribution in [3.63, 3.8) is 0 Å². The summed E-state index contributed by atoms with van der Waals surface area (Å²) in [5.41, 5.74) is 10.2. The molecule has 6 aromatic heterocycles. The summed E-state index contributed by atoms with van der Waals surface area (Å²) in [5.74, 6) is 1.32. The Morgan fingerprint density at radius 3 is 1.58 bits per heavy atom. The quantitative estimate of drug-likeness (QED) is 0.185. The minimum Gasteiger partial charge on any atom is -0.450 e. The summed E-state index contributed by atoms with van der Waals surface area (Å²) >= 11 is 0. The second kappa shape index (κ2) is 9.33. The van der Waals surface area contributed by atoms with E-state index in [0.717, 1.165) is 38.6 Å². The van der Waals surface area contributed by atoms with Crippen LogP contribution in [-0.4, -0.2) is 23.5 Å². The predicted octanol–water partition coefficient (Wildman–Crippen LogP) is 11.7. The van der Waals surface area contributed by atoms with Crippen molar-refractivity contribution < 1.29 is 4.42 Å². The van der Waals surface area contributed by atoms with Gasteiger partial charge >= 0.3 is 0 Å². The van der Waals surface area contributed by atoms with Crippen molar-refractivity contribution in [2.75, 3.05) is 0 Å². The fraction of sp³-hybridized carbons (Fsp3) is 0. The number of benzene rings is 7. The first-order valence-electron chi connectivity index (χ1n) is 17.6. The van der Waals surface area contributed by atoms with Gasteiger partial charge in [0.25, 0.3) is 0 Å². The van der Waals surface area contributed by atoms with Crippen LogP contribution in [0.25, 0.3) is 116 Å². The zero-order chi connectivity index (χ0) is 33.7. The average Bonchev–Trinajstić information content (AvgIpc) is 3.99. The monoisotopic (exact) mass is 663 g/mol. The Labute approximate surface area is 294 Å². The Kier molecular flexibility index (Phi) is 4.78. The van der Waals surface area contributed by atoms with E-state index in [1.807, 2.05) is 18.2 Å². The predicted molar refractivity (Wildman–Crippen MR) is 213 cm³/mol. The van der Waals surface area contributed by atoms with Crippen molar-refractivity contribution in [2.45, 2.75) is 0 Å². The fourth-order valence-corrected chi connectivity index (χ4v) is 9.15. The van der Waals surface area contributed by atoms with Crippen LogP contribution >= 0.6 is 0 Å². The molecule has 0 aliphatic heterocycles. The number of hydrogen-bond acceptors (Lipinski definition) is 3. The van der Waals surface area contributed by atoms with E-state index in [2.05, 4.69) is 147 Å². The SMILES string of the molecule is c1ccc2c(c1)oc1c(-n3c4ccccc4c4ccccc43)nc(-n3c4ccccc4c4c5c6ccccc6n6c7ccccc7c(cc43)c56)nc12. The number of fused-ring (bicyclic) bond motifs is 16. The molecule has 0 amide bonds. The number of furan rings is 1. The number of aromatic nitrogens is 5. The standard InChI is InChI=1S/C46H25N5O/c1-8-20-34-26(13-1)27-14-2-9-21-35(27)50(34)45-44-42(31-18-6-12-24-39(31)52-44)47-46(48-45)51-37-23-11-4-16-29(37)40-38(51)25-32-28-15-3-7-19-33(28)49-36-22-10-5-17-30(36)41(40)43(32)49/h1-25H. The molecule has 0 radical (unpaired) electrons. The van der Waals surface area contributed by atoms with Crippen LogP contribution < -0.4 is 0 Å². The van der Waals surface area contributed by atoms with Gasteiger partial charge in [-0.1, -0.05) is 103 Å². The second-order valence-corrected chi connectivity index (χ2v) is 13.8. The Morgan fingerprint density at radius 2 is 0.904 bits per heavy atom. The van der Waals surface area contributed by atoms with Crippen molar-refractivity contribution in [1.82, 2.24) is 23.5 Å². The van der Waals surface area contributed by atoms with Gasteiger partial charge in [0.05, 0.1) is 38.6 Å². The second-order valence-electron chi connectivity index (χ2n) is 13.8. The van der Waals surface area contributed by atoms with Gasteiger partial charge in [-0.05, 0) is 48.5 Å². The van der Waals surface area contributed by atoms with E-state index in [1.54, 1.807) is 0 Å². The molecule has 0 aliphatic rings. The first-order chi connectivity index (χ1) is 25.8. The van der Waals surface area contributed by atoms with E-state index in [9.17, 15) is 0 Å². The molecule has 7 aromatic carbocycles. The molecule has 13 aromatic rings. The Hall–Kier alpha value is -7.18. The lowest BCUT2D eigenvalue weighted by Crippen LogP contribution is -2.06. The Morgan fingerprint density at radius 1 is 0.404 bits per heavy atom. The highest BCUT2D eigenvalue weighted by Gasteiger charge is 2.27. The van der Waals surface area contributed by atoms with Crippen molar-refractivity contribution in [3.8, 4) is 11.8 Å². The van der Waals surface area contributed by atoms with Gasteiger partial charge in [0, 0.05) is 48.5 Å². The average molecular weight is 664 g/mol. The molecule has 6 heterocycles. The highest BCUT2D eigenvalue weighted by molar-refractivity contribution is 6.35. The molecule has 52 heavy (non-hydrogen) atoms. The van der Waals surface area contributed by atoms with Gasteiger partial charge in [-0.3, -0.25) is 9.13 Å². The molecule has 0 N–H and O–H groups in total. The van der Waals surface area contributed by atoms with Gasteiger partial charge in [0.15, 0.2) is 11.4 Å². The molecule has 0 bridgehead atoms. The summed E-state index contributed by atoms with van der Waals surface area (Å²) < 4.78 is 13.6. The minimum atomic E-state index is 0.601. The van der Waals surface area contributed by atoms with Gasteiger partial charge in [-0.2, -0.15) is 4.98 Å². The fourth-order valence-electron chi connectivity index (χ4n) is 9.15. The molecular formula is C46H25N5O. The molecule has 0 saturated carbocycles. The molecule has 6 nitrogen and oxygen atoms in total. The Balaban J connectivity index is 1.26. The van der Waals surface area contributed by atoms with Gasteiger partial charge in [0.1, 0.15) is 11.1 Å². The molecular weight excluding hydrogens is 639 g/mol. The summed E-state index contributed by atoms with van der Waals surface area (Å²) in [6.45, 7) is 0. The van der Waals surface area contributed by atoms with Gasteiger partial charge < -0.3 is 8.82 Å². The third-order valence-corrected chi connectivity index (χ3v) is 11.2. The molecule has 0 aliphatic carbocycles. The van der Waals surface area contributed by atoms with Crippen molar-refractivity contribution in [3.05, 3.63) is 152 Å². The molecule has 0 atom stereocenters. The highest BCUT2D eigenvalue weighted by atomic mass is 16.3. The lowest BCUT2D eigenvalue weighted by Gasteiger charge is -2.12. The van der Waals surface area contributed by atoms with Crippen LogP contribution in [-0.2, 0) is 0 Å². The van der Waals surface area contributed by atoms with Crippen LogP contribution in [0.1, 0.15) is 0 Å². The lowest BCUT2D eigenvalue weighted by atomic mass is 10.0. The number of para-hydroxylation sites is 6. The minimum absolute atomic E-state index is 0.601. The largest absolute Gasteiger partial charge is 0.450 e. The molecule has 13 rings (SSSR count). The molecule has 6 heteroatoms. The maximum atomic E-state index is 6.67. The first-order valence-corrected chi connectivity index (χ1v) is 17.6. The summed E-state index contributed by atoms with van der Waals surface area (Å²) in [4.78, 5) is 11.0. The van der Waals surface area contributed by atoms with Gasteiger partial charge in [-0.15, -0.1) is 0 Å². The summed E-state index contributed by atoms with van der Waals surface area (Å²) in [6.07, 6.45) is 0. The van der Waals surface area contributed by atoms with Crippen molar-refractivity contribution >= 4 is 104 Å². The zero-order valence-electron chi connectivity index (χ0n) is 27.6. The van der Waals surface area contributed by atoms with Crippen LogP contribution in [0, 0.1) is 0 Å². The maximum Gasteiger partial charge on any atom is 0.237 e. The summed E-state index contributed by atoms with van der Waals surface area (Å²) in [7, 11) is 0. The van der Waals surface area contributed by atoms with Crippen LogP contribution in [0.5, 0.6) is 0 Å². The number of rotatable bonds is 2. The van der Waals surface area contributed by atoms with Crippen LogP contribution in [0.15, 0.2) is 156 Å². The van der Waals surface area contributed by atoms with Gasteiger partial charge in [0.2, 0.25) is 5.95 Å². The number of nitrogens with zero attached hydrogens (tertiary/aromatic N) is 5.